The van der Waals surface area contributed by atoms with Crippen molar-refractivity contribution in [2.24, 2.45) is 5.41 Å². The van der Waals surface area contributed by atoms with Gasteiger partial charge in [-0.15, -0.1) is 0 Å². The number of carbonyl (C=O) groups is 1. The van der Waals surface area contributed by atoms with Crippen molar-refractivity contribution in [1.82, 2.24) is 10.6 Å². The van der Waals surface area contributed by atoms with Crippen LogP contribution >= 0.6 is 0 Å². The van der Waals surface area contributed by atoms with Crippen LogP contribution in [0.15, 0.2) is 18.2 Å². The number of amides is 1. The molecule has 20 heavy (non-hydrogen) atoms. The number of benzene rings is 1. The predicted octanol–water partition coefficient (Wildman–Crippen LogP) is 2.21. The van der Waals surface area contributed by atoms with Crippen molar-refractivity contribution in [3.05, 3.63) is 29.3 Å². The molecular formula is C16H24N2O2. The quantitative estimate of drug-likeness (QED) is 0.793. The highest BCUT2D eigenvalue weighted by molar-refractivity contribution is 5.97. The third-order valence-corrected chi connectivity index (χ3v) is 4.28. The van der Waals surface area contributed by atoms with Gasteiger partial charge in [0, 0.05) is 12.6 Å². The fourth-order valence-corrected chi connectivity index (χ4v) is 2.75. The molecule has 1 aromatic rings. The summed E-state index contributed by atoms with van der Waals surface area (Å²) in [6, 6.07) is 5.49. The Kier molecular flexibility index (Phi) is 4.33. The predicted molar refractivity (Wildman–Crippen MR) is 80.0 cm³/mol. The summed E-state index contributed by atoms with van der Waals surface area (Å²) in [7, 11) is 0. The zero-order chi connectivity index (χ0) is 14.8. The van der Waals surface area contributed by atoms with Crippen LogP contribution in [0.2, 0.25) is 0 Å². The first-order valence-electron chi connectivity index (χ1n) is 7.22. The van der Waals surface area contributed by atoms with Crippen molar-refractivity contribution in [3.8, 4) is 5.75 Å². The number of phenols is 1. The maximum atomic E-state index is 12.2. The Morgan fingerprint density at radius 1 is 1.50 bits per heavy atom. The van der Waals surface area contributed by atoms with Crippen LogP contribution in [0, 0.1) is 12.3 Å². The molecule has 1 unspecified atom stereocenters. The zero-order valence-corrected chi connectivity index (χ0v) is 12.5. The Balaban J connectivity index is 2.00. The lowest BCUT2D eigenvalue weighted by Gasteiger charge is -2.39. The van der Waals surface area contributed by atoms with Crippen LogP contribution < -0.4 is 10.6 Å². The first-order valence-corrected chi connectivity index (χ1v) is 7.22. The van der Waals surface area contributed by atoms with Gasteiger partial charge in [-0.25, -0.2) is 0 Å². The highest BCUT2D eigenvalue weighted by atomic mass is 16.3. The van der Waals surface area contributed by atoms with Gasteiger partial charge in [-0.05, 0) is 43.4 Å². The molecule has 4 heteroatoms. The van der Waals surface area contributed by atoms with Crippen LogP contribution in [0.3, 0.4) is 0 Å². The number of rotatable bonds is 3. The molecule has 1 aromatic carbocycles. The molecule has 0 bridgehead atoms. The fraction of sp³-hybridized carbons (Fsp3) is 0.562. The Labute approximate surface area is 120 Å². The number of phenolic OH excluding ortho intramolecular Hbond substituents is 1. The van der Waals surface area contributed by atoms with Crippen molar-refractivity contribution in [2.75, 3.05) is 13.1 Å². The van der Waals surface area contributed by atoms with Crippen LogP contribution in [0.4, 0.5) is 0 Å². The van der Waals surface area contributed by atoms with Gasteiger partial charge < -0.3 is 15.7 Å². The van der Waals surface area contributed by atoms with Gasteiger partial charge in [0.25, 0.3) is 5.91 Å². The lowest BCUT2D eigenvalue weighted by atomic mass is 9.77. The number of carbonyl (C=O) groups excluding carboxylic acids is 1. The van der Waals surface area contributed by atoms with Crippen LogP contribution in [0.25, 0.3) is 0 Å². The summed E-state index contributed by atoms with van der Waals surface area (Å²) in [6.45, 7) is 7.82. The Hall–Kier alpha value is -1.55. The largest absolute Gasteiger partial charge is 0.507 e. The minimum atomic E-state index is -0.214. The molecule has 1 aliphatic rings. The molecule has 1 atom stereocenters. The number of hydrogen-bond donors (Lipinski definition) is 3. The molecule has 1 amide bonds. The number of hydrogen-bond acceptors (Lipinski definition) is 3. The standard InChI is InChI=1S/C16H24N2O2/c1-11-6-4-7-12(14(11)19)15(20)18-10-13-16(2,3)8-5-9-17-13/h4,6-7,13,17,19H,5,8-10H2,1-3H3,(H,18,20). The molecule has 1 aliphatic heterocycles. The molecule has 2 rings (SSSR count). The third-order valence-electron chi connectivity index (χ3n) is 4.28. The van der Waals surface area contributed by atoms with Crippen LogP contribution in [0.5, 0.6) is 5.75 Å². The highest BCUT2D eigenvalue weighted by Gasteiger charge is 2.32. The van der Waals surface area contributed by atoms with E-state index in [0.717, 1.165) is 13.0 Å². The summed E-state index contributed by atoms with van der Waals surface area (Å²) >= 11 is 0. The highest BCUT2D eigenvalue weighted by Crippen LogP contribution is 2.29. The summed E-state index contributed by atoms with van der Waals surface area (Å²) in [6.07, 6.45) is 2.34. The van der Waals surface area contributed by atoms with Gasteiger partial charge in [-0.2, -0.15) is 0 Å². The molecule has 0 radical (unpaired) electrons. The van der Waals surface area contributed by atoms with Gasteiger partial charge in [0.2, 0.25) is 0 Å². The molecule has 1 saturated heterocycles. The minimum Gasteiger partial charge on any atom is -0.507 e. The van der Waals surface area contributed by atoms with Crippen molar-refractivity contribution in [1.29, 1.82) is 0 Å². The van der Waals surface area contributed by atoms with Crippen molar-refractivity contribution in [2.45, 2.75) is 39.7 Å². The van der Waals surface area contributed by atoms with Crippen LogP contribution in [-0.4, -0.2) is 30.1 Å². The van der Waals surface area contributed by atoms with Crippen molar-refractivity contribution < 1.29 is 9.90 Å². The van der Waals surface area contributed by atoms with Gasteiger partial charge >= 0.3 is 0 Å². The summed E-state index contributed by atoms with van der Waals surface area (Å²) in [5, 5.41) is 16.3. The van der Waals surface area contributed by atoms with Gasteiger partial charge in [0.1, 0.15) is 5.75 Å². The first kappa shape index (κ1) is 14.9. The normalized spacial score (nSPS) is 21.4. The van der Waals surface area contributed by atoms with E-state index >= 15 is 0 Å². The van der Waals surface area contributed by atoms with Crippen LogP contribution in [0.1, 0.15) is 42.6 Å². The summed E-state index contributed by atoms with van der Waals surface area (Å²) in [5.41, 5.74) is 1.24. The maximum absolute atomic E-state index is 12.2. The van der Waals surface area contributed by atoms with Crippen molar-refractivity contribution >= 4 is 5.91 Å². The van der Waals surface area contributed by atoms with E-state index in [1.54, 1.807) is 25.1 Å². The second-order valence-electron chi connectivity index (χ2n) is 6.28. The van der Waals surface area contributed by atoms with E-state index in [4.69, 9.17) is 0 Å². The molecule has 0 saturated carbocycles. The van der Waals surface area contributed by atoms with E-state index in [9.17, 15) is 9.90 Å². The van der Waals surface area contributed by atoms with E-state index < -0.39 is 0 Å². The van der Waals surface area contributed by atoms with E-state index in [1.165, 1.54) is 6.42 Å². The maximum Gasteiger partial charge on any atom is 0.255 e. The molecule has 0 aliphatic carbocycles. The van der Waals surface area contributed by atoms with Gasteiger partial charge in [0.15, 0.2) is 0 Å². The van der Waals surface area contributed by atoms with E-state index in [0.29, 0.717) is 17.7 Å². The molecule has 4 nitrogen and oxygen atoms in total. The topological polar surface area (TPSA) is 61.4 Å². The molecule has 0 spiro atoms. The van der Waals surface area contributed by atoms with E-state index in [1.807, 2.05) is 0 Å². The minimum absolute atomic E-state index is 0.0702. The molecule has 3 N–H and O–H groups in total. The third kappa shape index (κ3) is 3.12. The monoisotopic (exact) mass is 276 g/mol. The Morgan fingerprint density at radius 2 is 2.25 bits per heavy atom. The molecule has 1 fully saturated rings. The molecule has 110 valence electrons. The lowest BCUT2D eigenvalue weighted by Crippen LogP contribution is -2.52. The summed E-state index contributed by atoms with van der Waals surface area (Å²) < 4.78 is 0. The smallest absolute Gasteiger partial charge is 0.255 e. The summed E-state index contributed by atoms with van der Waals surface area (Å²) in [5.74, 6) is -0.143. The number of aryl methyl sites for hydroxylation is 1. The zero-order valence-electron chi connectivity index (χ0n) is 12.5. The van der Waals surface area contributed by atoms with Gasteiger partial charge in [-0.3, -0.25) is 4.79 Å². The Morgan fingerprint density at radius 3 is 2.95 bits per heavy atom. The number of nitrogens with one attached hydrogen (secondary N) is 2. The average molecular weight is 276 g/mol. The molecule has 0 aromatic heterocycles. The number of aromatic hydroxyl groups is 1. The van der Waals surface area contributed by atoms with Gasteiger partial charge in [0.05, 0.1) is 5.56 Å². The second kappa shape index (κ2) is 5.83. The number of para-hydroxylation sites is 1. The van der Waals surface area contributed by atoms with E-state index in [2.05, 4.69) is 24.5 Å². The first-order chi connectivity index (χ1) is 9.42. The SMILES string of the molecule is Cc1cccc(C(=O)NCC2NCCCC2(C)C)c1O. The fourth-order valence-electron chi connectivity index (χ4n) is 2.75. The lowest BCUT2D eigenvalue weighted by molar-refractivity contribution is 0.0926. The average Bonchev–Trinajstić information content (AvgIpc) is 2.40. The number of piperidine rings is 1. The van der Waals surface area contributed by atoms with Gasteiger partial charge in [-0.1, -0.05) is 26.0 Å². The Bertz CT molecular complexity index is 497. The molecule has 1 heterocycles. The summed E-state index contributed by atoms with van der Waals surface area (Å²) in [4.78, 5) is 12.2. The van der Waals surface area contributed by atoms with E-state index in [-0.39, 0.29) is 23.1 Å². The van der Waals surface area contributed by atoms with Crippen molar-refractivity contribution in [3.63, 3.8) is 0 Å². The molecular weight excluding hydrogens is 252 g/mol. The second-order valence-corrected chi connectivity index (χ2v) is 6.28. The van der Waals surface area contributed by atoms with Crippen LogP contribution in [-0.2, 0) is 0 Å².